The molecule has 1 aliphatic heterocycles. The van der Waals surface area contributed by atoms with Gasteiger partial charge in [0.1, 0.15) is 6.10 Å². The maximum atomic E-state index is 13.6. The number of halogens is 1. The number of likely N-dealkylation sites (tertiary alicyclic amines) is 1. The number of rotatable bonds is 4. The summed E-state index contributed by atoms with van der Waals surface area (Å²) in [7, 11) is 1.81. The maximum absolute atomic E-state index is 13.6. The molecule has 2 heterocycles. The van der Waals surface area contributed by atoms with Gasteiger partial charge in [-0.05, 0) is 17.7 Å². The molecule has 1 aliphatic rings. The first-order chi connectivity index (χ1) is 12.1. The molecule has 1 aromatic heterocycles. The fourth-order valence-electron chi connectivity index (χ4n) is 2.95. The Morgan fingerprint density at radius 1 is 1.24 bits per heavy atom. The zero-order chi connectivity index (χ0) is 17.6. The van der Waals surface area contributed by atoms with Crippen LogP contribution in [0.2, 0.25) is 0 Å². The number of aromatic nitrogens is 1. The highest BCUT2D eigenvalue weighted by Gasteiger charge is 2.26. The molecule has 3 rings (SSSR count). The summed E-state index contributed by atoms with van der Waals surface area (Å²) >= 11 is 0. The number of carbonyl (C=O) groups is 1. The molecular formula is C19H22FN3O2. The van der Waals surface area contributed by atoms with E-state index in [1.807, 2.05) is 35.2 Å². The highest BCUT2D eigenvalue weighted by atomic mass is 19.1. The lowest BCUT2D eigenvalue weighted by Crippen LogP contribution is -2.46. The van der Waals surface area contributed by atoms with Crippen molar-refractivity contribution in [2.24, 2.45) is 0 Å². The highest BCUT2D eigenvalue weighted by molar-refractivity contribution is 5.74. The van der Waals surface area contributed by atoms with Gasteiger partial charge in [-0.2, -0.15) is 0 Å². The van der Waals surface area contributed by atoms with Crippen LogP contribution >= 0.6 is 0 Å². The van der Waals surface area contributed by atoms with Gasteiger partial charge in [-0.1, -0.05) is 30.3 Å². The lowest BCUT2D eigenvalue weighted by atomic mass is 10.1. The number of amides is 2. The van der Waals surface area contributed by atoms with Gasteiger partial charge in [0.15, 0.2) is 5.82 Å². The summed E-state index contributed by atoms with van der Waals surface area (Å²) in [5.41, 5.74) is 1.10. The zero-order valence-electron chi connectivity index (χ0n) is 14.3. The van der Waals surface area contributed by atoms with Gasteiger partial charge in [0, 0.05) is 45.7 Å². The number of ether oxygens (including phenoxy) is 1. The Labute approximate surface area is 147 Å². The fourth-order valence-corrected chi connectivity index (χ4v) is 2.95. The largest absolute Gasteiger partial charge is 0.472 e. The number of urea groups is 1. The first-order valence-electron chi connectivity index (χ1n) is 8.44. The second kappa shape index (κ2) is 7.96. The molecule has 0 spiro atoms. The molecule has 0 aliphatic carbocycles. The van der Waals surface area contributed by atoms with Crippen LogP contribution in [-0.4, -0.2) is 47.1 Å². The minimum absolute atomic E-state index is 0.00585. The first-order valence-corrected chi connectivity index (χ1v) is 8.44. The Bertz CT molecular complexity index is 703. The molecule has 1 fully saturated rings. The number of pyridine rings is 1. The van der Waals surface area contributed by atoms with Crippen LogP contribution < -0.4 is 4.74 Å². The second-order valence-electron chi connectivity index (χ2n) is 6.22. The quantitative estimate of drug-likeness (QED) is 0.855. The fraction of sp³-hybridized carbons (Fsp3) is 0.368. The van der Waals surface area contributed by atoms with Crippen molar-refractivity contribution >= 4 is 6.03 Å². The SMILES string of the molecule is CN(Cc1ccccc1)C(=O)N1CCC(Oc2ncccc2F)CC1. The second-order valence-corrected chi connectivity index (χ2v) is 6.22. The molecule has 0 atom stereocenters. The van der Waals surface area contributed by atoms with E-state index in [1.54, 1.807) is 11.9 Å². The number of hydrogen-bond donors (Lipinski definition) is 0. The van der Waals surface area contributed by atoms with E-state index in [9.17, 15) is 9.18 Å². The van der Waals surface area contributed by atoms with E-state index < -0.39 is 5.82 Å². The summed E-state index contributed by atoms with van der Waals surface area (Å²) in [6, 6.07) is 12.8. The Kier molecular flexibility index (Phi) is 5.48. The van der Waals surface area contributed by atoms with Crippen molar-refractivity contribution in [3.8, 4) is 5.88 Å². The van der Waals surface area contributed by atoms with Crippen LogP contribution in [0.4, 0.5) is 9.18 Å². The van der Waals surface area contributed by atoms with Crippen molar-refractivity contribution in [2.75, 3.05) is 20.1 Å². The van der Waals surface area contributed by atoms with Gasteiger partial charge >= 0.3 is 6.03 Å². The van der Waals surface area contributed by atoms with Crippen LogP contribution in [0.25, 0.3) is 0 Å². The van der Waals surface area contributed by atoms with Crippen LogP contribution in [-0.2, 0) is 6.54 Å². The average Bonchev–Trinajstić information content (AvgIpc) is 2.64. The standard InChI is InChI=1S/C19H22FN3O2/c1-22(14-15-6-3-2-4-7-15)19(24)23-12-9-16(10-13-23)25-18-17(20)8-5-11-21-18/h2-8,11,16H,9-10,12-14H2,1H3. The van der Waals surface area contributed by atoms with Crippen molar-refractivity contribution in [3.63, 3.8) is 0 Å². The summed E-state index contributed by atoms with van der Waals surface area (Å²) in [4.78, 5) is 20.0. The summed E-state index contributed by atoms with van der Waals surface area (Å²) in [6.45, 7) is 1.77. The number of benzene rings is 1. The van der Waals surface area contributed by atoms with Crippen molar-refractivity contribution in [1.29, 1.82) is 0 Å². The smallest absolute Gasteiger partial charge is 0.320 e. The third-order valence-electron chi connectivity index (χ3n) is 4.30. The van der Waals surface area contributed by atoms with E-state index in [2.05, 4.69) is 4.98 Å². The lowest BCUT2D eigenvalue weighted by molar-refractivity contribution is 0.0918. The Hall–Kier alpha value is -2.63. The van der Waals surface area contributed by atoms with Crippen molar-refractivity contribution in [3.05, 3.63) is 60.0 Å². The van der Waals surface area contributed by atoms with E-state index in [4.69, 9.17) is 4.74 Å². The van der Waals surface area contributed by atoms with Crippen LogP contribution in [0.3, 0.4) is 0 Å². The van der Waals surface area contributed by atoms with Crippen molar-refractivity contribution in [1.82, 2.24) is 14.8 Å². The van der Waals surface area contributed by atoms with Gasteiger partial charge in [0.25, 0.3) is 5.88 Å². The lowest BCUT2D eigenvalue weighted by Gasteiger charge is -2.34. The molecule has 5 nitrogen and oxygen atoms in total. The predicted octanol–water partition coefficient (Wildman–Crippen LogP) is 3.32. The predicted molar refractivity (Wildman–Crippen MR) is 92.7 cm³/mol. The third kappa shape index (κ3) is 4.47. The third-order valence-corrected chi connectivity index (χ3v) is 4.30. The van der Waals surface area contributed by atoms with E-state index in [-0.39, 0.29) is 18.0 Å². The first kappa shape index (κ1) is 17.2. The minimum Gasteiger partial charge on any atom is -0.472 e. The summed E-state index contributed by atoms with van der Waals surface area (Å²) in [5.74, 6) is -0.419. The van der Waals surface area contributed by atoms with Gasteiger partial charge in [0.05, 0.1) is 0 Å². The molecule has 2 amide bonds. The maximum Gasteiger partial charge on any atom is 0.320 e. The molecular weight excluding hydrogens is 321 g/mol. The molecule has 1 aromatic carbocycles. The molecule has 0 bridgehead atoms. The summed E-state index contributed by atoms with van der Waals surface area (Å²) in [5, 5.41) is 0. The Balaban J connectivity index is 1.50. The molecule has 0 unspecified atom stereocenters. The monoisotopic (exact) mass is 343 g/mol. The highest BCUT2D eigenvalue weighted by Crippen LogP contribution is 2.20. The van der Waals surface area contributed by atoms with E-state index in [0.717, 1.165) is 5.56 Å². The molecule has 0 N–H and O–H groups in total. The van der Waals surface area contributed by atoms with Gasteiger partial charge in [-0.3, -0.25) is 0 Å². The van der Waals surface area contributed by atoms with Gasteiger partial charge in [-0.15, -0.1) is 0 Å². The Morgan fingerprint density at radius 3 is 2.64 bits per heavy atom. The average molecular weight is 343 g/mol. The van der Waals surface area contributed by atoms with Gasteiger partial charge in [-0.25, -0.2) is 14.2 Å². The zero-order valence-corrected chi connectivity index (χ0v) is 14.3. The van der Waals surface area contributed by atoms with Crippen LogP contribution in [0.5, 0.6) is 5.88 Å². The van der Waals surface area contributed by atoms with E-state index >= 15 is 0 Å². The normalized spacial score (nSPS) is 15.0. The molecule has 1 saturated heterocycles. The number of nitrogens with zero attached hydrogens (tertiary/aromatic N) is 3. The molecule has 6 heteroatoms. The van der Waals surface area contributed by atoms with Crippen molar-refractivity contribution in [2.45, 2.75) is 25.5 Å². The minimum atomic E-state index is -0.455. The molecule has 2 aromatic rings. The van der Waals surface area contributed by atoms with Crippen LogP contribution in [0.15, 0.2) is 48.7 Å². The number of carbonyl (C=O) groups excluding carboxylic acids is 1. The summed E-state index contributed by atoms with van der Waals surface area (Å²) in [6.07, 6.45) is 2.73. The van der Waals surface area contributed by atoms with Crippen molar-refractivity contribution < 1.29 is 13.9 Å². The molecule has 25 heavy (non-hydrogen) atoms. The van der Waals surface area contributed by atoms with E-state index in [0.29, 0.717) is 32.5 Å². The Morgan fingerprint density at radius 2 is 1.96 bits per heavy atom. The summed E-state index contributed by atoms with van der Waals surface area (Å²) < 4.78 is 19.2. The molecule has 0 saturated carbocycles. The molecule has 132 valence electrons. The molecule has 0 radical (unpaired) electrons. The van der Waals surface area contributed by atoms with E-state index in [1.165, 1.54) is 18.3 Å². The number of piperidine rings is 1. The number of hydrogen-bond acceptors (Lipinski definition) is 3. The van der Waals surface area contributed by atoms with Crippen LogP contribution in [0.1, 0.15) is 18.4 Å². The van der Waals surface area contributed by atoms with Gasteiger partial charge < -0.3 is 14.5 Å². The topological polar surface area (TPSA) is 45.7 Å². The van der Waals surface area contributed by atoms with Crippen LogP contribution in [0, 0.1) is 5.82 Å². The van der Waals surface area contributed by atoms with Gasteiger partial charge in [0.2, 0.25) is 0 Å².